The first-order chi connectivity index (χ1) is 6.63. The van der Waals surface area contributed by atoms with E-state index in [1.165, 1.54) is 0 Å². The summed E-state index contributed by atoms with van der Waals surface area (Å²) in [5.74, 6) is 0.621. The molecule has 0 aliphatic rings. The SMILES string of the molecule is CCCCn1c(C)c(C)c(C#N)c1N. The quantitative estimate of drug-likeness (QED) is 0.797. The summed E-state index contributed by atoms with van der Waals surface area (Å²) in [7, 11) is 0. The maximum atomic E-state index is 8.92. The average molecular weight is 191 g/mol. The van der Waals surface area contributed by atoms with Crippen molar-refractivity contribution < 1.29 is 0 Å². The number of anilines is 1. The number of nitriles is 1. The number of nitrogens with zero attached hydrogens (tertiary/aromatic N) is 2. The van der Waals surface area contributed by atoms with E-state index in [4.69, 9.17) is 11.0 Å². The van der Waals surface area contributed by atoms with Crippen LogP contribution in [-0.4, -0.2) is 4.57 Å². The Morgan fingerprint density at radius 2 is 2.07 bits per heavy atom. The van der Waals surface area contributed by atoms with E-state index in [1.807, 2.05) is 18.4 Å². The van der Waals surface area contributed by atoms with Crippen LogP contribution in [0.3, 0.4) is 0 Å². The predicted octanol–water partition coefficient (Wildman–Crippen LogP) is 2.36. The summed E-state index contributed by atoms with van der Waals surface area (Å²) in [4.78, 5) is 0. The first-order valence-electron chi connectivity index (χ1n) is 4.98. The maximum Gasteiger partial charge on any atom is 0.122 e. The molecule has 0 atom stereocenters. The molecule has 0 fully saturated rings. The van der Waals surface area contributed by atoms with E-state index in [0.717, 1.165) is 30.6 Å². The van der Waals surface area contributed by atoms with Crippen molar-refractivity contribution in [1.82, 2.24) is 4.57 Å². The number of rotatable bonds is 3. The molecule has 3 heteroatoms. The van der Waals surface area contributed by atoms with Gasteiger partial charge in [-0.15, -0.1) is 0 Å². The molecule has 0 aliphatic carbocycles. The van der Waals surface area contributed by atoms with Crippen LogP contribution < -0.4 is 5.73 Å². The lowest BCUT2D eigenvalue weighted by atomic mass is 10.2. The molecule has 0 saturated heterocycles. The monoisotopic (exact) mass is 191 g/mol. The van der Waals surface area contributed by atoms with Crippen LogP contribution in [0.15, 0.2) is 0 Å². The second-order valence-corrected chi connectivity index (χ2v) is 3.59. The fraction of sp³-hybridized carbons (Fsp3) is 0.545. The molecule has 0 amide bonds. The van der Waals surface area contributed by atoms with Gasteiger partial charge in [0.25, 0.3) is 0 Å². The van der Waals surface area contributed by atoms with Crippen LogP contribution in [0.25, 0.3) is 0 Å². The zero-order valence-electron chi connectivity index (χ0n) is 9.09. The first-order valence-corrected chi connectivity index (χ1v) is 4.98. The lowest BCUT2D eigenvalue weighted by molar-refractivity contribution is 0.627. The number of unbranched alkanes of at least 4 members (excludes halogenated alkanes) is 1. The molecule has 0 saturated carbocycles. The highest BCUT2D eigenvalue weighted by molar-refractivity contribution is 5.57. The van der Waals surface area contributed by atoms with Crippen molar-refractivity contribution in [2.24, 2.45) is 0 Å². The molecule has 0 radical (unpaired) electrons. The van der Waals surface area contributed by atoms with Crippen molar-refractivity contribution in [3.8, 4) is 6.07 Å². The molecule has 76 valence electrons. The van der Waals surface area contributed by atoms with Crippen molar-refractivity contribution >= 4 is 5.82 Å². The van der Waals surface area contributed by atoms with Crippen LogP contribution in [0.1, 0.15) is 36.6 Å². The molecule has 2 N–H and O–H groups in total. The third kappa shape index (κ3) is 1.60. The summed E-state index contributed by atoms with van der Waals surface area (Å²) in [6.45, 7) is 7.03. The van der Waals surface area contributed by atoms with E-state index in [-0.39, 0.29) is 0 Å². The summed E-state index contributed by atoms with van der Waals surface area (Å²) in [5, 5.41) is 8.92. The minimum atomic E-state index is 0.621. The highest BCUT2D eigenvalue weighted by atomic mass is 15.1. The van der Waals surface area contributed by atoms with Crippen LogP contribution in [0.2, 0.25) is 0 Å². The Balaban J connectivity index is 3.12. The van der Waals surface area contributed by atoms with Crippen LogP contribution in [0.5, 0.6) is 0 Å². The Kier molecular flexibility index (Phi) is 3.19. The zero-order valence-corrected chi connectivity index (χ0v) is 9.09. The number of aromatic nitrogens is 1. The Bertz CT molecular complexity index is 369. The van der Waals surface area contributed by atoms with Crippen LogP contribution >= 0.6 is 0 Å². The highest BCUT2D eigenvalue weighted by Crippen LogP contribution is 2.23. The molecule has 14 heavy (non-hydrogen) atoms. The Hall–Kier alpha value is -1.43. The van der Waals surface area contributed by atoms with Gasteiger partial charge in [0, 0.05) is 12.2 Å². The Labute approximate surface area is 85.1 Å². The molecule has 1 aromatic heterocycles. The van der Waals surface area contributed by atoms with Crippen LogP contribution in [0.4, 0.5) is 5.82 Å². The van der Waals surface area contributed by atoms with E-state index in [1.54, 1.807) is 0 Å². The van der Waals surface area contributed by atoms with Gasteiger partial charge in [-0.25, -0.2) is 0 Å². The van der Waals surface area contributed by atoms with E-state index in [2.05, 4.69) is 13.0 Å². The molecule has 0 aliphatic heterocycles. The molecule has 1 rings (SSSR count). The number of nitrogens with two attached hydrogens (primary N) is 1. The molecular weight excluding hydrogens is 174 g/mol. The van der Waals surface area contributed by atoms with Gasteiger partial charge in [0.1, 0.15) is 11.9 Å². The lowest BCUT2D eigenvalue weighted by Gasteiger charge is -2.07. The second kappa shape index (κ2) is 4.19. The van der Waals surface area contributed by atoms with Crippen molar-refractivity contribution in [1.29, 1.82) is 5.26 Å². The van der Waals surface area contributed by atoms with E-state index >= 15 is 0 Å². The summed E-state index contributed by atoms with van der Waals surface area (Å²) in [6, 6.07) is 2.16. The van der Waals surface area contributed by atoms with Crippen molar-refractivity contribution in [2.75, 3.05) is 5.73 Å². The van der Waals surface area contributed by atoms with Gasteiger partial charge >= 0.3 is 0 Å². The van der Waals surface area contributed by atoms with Gasteiger partial charge in [-0.1, -0.05) is 13.3 Å². The molecule has 0 bridgehead atoms. The van der Waals surface area contributed by atoms with Gasteiger partial charge in [-0.05, 0) is 25.8 Å². The lowest BCUT2D eigenvalue weighted by Crippen LogP contribution is -2.04. The molecule has 3 nitrogen and oxygen atoms in total. The standard InChI is InChI=1S/C11H17N3/c1-4-5-6-14-9(3)8(2)10(7-12)11(14)13/h4-6,13H2,1-3H3. The number of nitrogen functional groups attached to an aromatic ring is 1. The van der Waals surface area contributed by atoms with Crippen molar-refractivity contribution in [2.45, 2.75) is 40.2 Å². The number of hydrogen-bond acceptors (Lipinski definition) is 2. The van der Waals surface area contributed by atoms with Crippen molar-refractivity contribution in [3.05, 3.63) is 16.8 Å². The van der Waals surface area contributed by atoms with E-state index in [9.17, 15) is 0 Å². The van der Waals surface area contributed by atoms with Crippen LogP contribution in [0, 0.1) is 25.2 Å². The minimum absolute atomic E-state index is 0.621. The molecule has 1 aromatic rings. The van der Waals surface area contributed by atoms with E-state index in [0.29, 0.717) is 11.4 Å². The molecule has 0 aromatic carbocycles. The summed E-state index contributed by atoms with van der Waals surface area (Å²) >= 11 is 0. The summed E-state index contributed by atoms with van der Waals surface area (Å²) < 4.78 is 2.04. The normalized spacial score (nSPS) is 10.1. The van der Waals surface area contributed by atoms with Crippen LogP contribution in [-0.2, 0) is 6.54 Å². The number of hydrogen-bond donors (Lipinski definition) is 1. The minimum Gasteiger partial charge on any atom is -0.384 e. The summed E-state index contributed by atoms with van der Waals surface area (Å²) in [5.41, 5.74) is 8.67. The fourth-order valence-electron chi connectivity index (χ4n) is 1.64. The zero-order chi connectivity index (χ0) is 10.7. The third-order valence-corrected chi connectivity index (χ3v) is 2.72. The van der Waals surface area contributed by atoms with Gasteiger partial charge in [-0.2, -0.15) is 5.26 Å². The fourth-order valence-corrected chi connectivity index (χ4v) is 1.64. The predicted molar refractivity (Wildman–Crippen MR) is 57.9 cm³/mol. The highest BCUT2D eigenvalue weighted by Gasteiger charge is 2.13. The largest absolute Gasteiger partial charge is 0.384 e. The maximum absolute atomic E-state index is 8.92. The third-order valence-electron chi connectivity index (χ3n) is 2.72. The van der Waals surface area contributed by atoms with Gasteiger partial charge < -0.3 is 10.3 Å². The Morgan fingerprint density at radius 1 is 1.43 bits per heavy atom. The smallest absolute Gasteiger partial charge is 0.122 e. The van der Waals surface area contributed by atoms with Crippen molar-refractivity contribution in [3.63, 3.8) is 0 Å². The van der Waals surface area contributed by atoms with E-state index < -0.39 is 0 Å². The van der Waals surface area contributed by atoms with Gasteiger partial charge in [0.05, 0.1) is 5.56 Å². The summed E-state index contributed by atoms with van der Waals surface area (Å²) in [6.07, 6.45) is 2.24. The first kappa shape index (κ1) is 10.6. The van der Waals surface area contributed by atoms with Gasteiger partial charge in [-0.3, -0.25) is 0 Å². The second-order valence-electron chi connectivity index (χ2n) is 3.59. The molecule has 0 unspecified atom stereocenters. The van der Waals surface area contributed by atoms with Gasteiger partial charge in [0.2, 0.25) is 0 Å². The average Bonchev–Trinajstić information content (AvgIpc) is 2.37. The Morgan fingerprint density at radius 3 is 2.50 bits per heavy atom. The molecule has 0 spiro atoms. The topological polar surface area (TPSA) is 54.7 Å². The molecule has 1 heterocycles. The molecular formula is C11H17N3. The van der Waals surface area contributed by atoms with Gasteiger partial charge in [0.15, 0.2) is 0 Å².